The highest BCUT2D eigenvalue weighted by atomic mass is 16.1. The fourth-order valence-corrected chi connectivity index (χ4v) is 3.54. The highest BCUT2D eigenvalue weighted by Gasteiger charge is 2.50. The summed E-state index contributed by atoms with van der Waals surface area (Å²) in [6, 6.07) is 8.27. The Morgan fingerprint density at radius 3 is 2.25 bits per heavy atom. The Bertz CT molecular complexity index is 590. The molecule has 0 amide bonds. The summed E-state index contributed by atoms with van der Waals surface area (Å²) in [5, 5.41) is 0. The van der Waals surface area contributed by atoms with Crippen molar-refractivity contribution in [1.29, 1.82) is 0 Å². The molecule has 20 heavy (non-hydrogen) atoms. The maximum Gasteiger partial charge on any atom is 0.172 e. The molecule has 2 rings (SSSR count). The van der Waals surface area contributed by atoms with Gasteiger partial charge in [-0.1, -0.05) is 64.6 Å². The van der Waals surface area contributed by atoms with Crippen LogP contribution >= 0.6 is 0 Å². The van der Waals surface area contributed by atoms with Gasteiger partial charge in [0.05, 0.1) is 5.41 Å². The number of Topliss-reactive ketones (excluding diaryl/α,β-unsaturated/α-hetero) is 1. The van der Waals surface area contributed by atoms with Crippen molar-refractivity contribution in [2.45, 2.75) is 40.0 Å². The molecule has 0 saturated carbocycles. The molecule has 0 aromatic heterocycles. The molecule has 0 heterocycles. The second kappa shape index (κ2) is 5.05. The fraction of sp³-hybridized carbons (Fsp3) is 0.421. The van der Waals surface area contributed by atoms with E-state index in [1.807, 2.05) is 19.1 Å². The van der Waals surface area contributed by atoms with Crippen LogP contribution in [0, 0.1) is 11.8 Å². The van der Waals surface area contributed by atoms with E-state index in [1.54, 1.807) is 0 Å². The minimum atomic E-state index is -0.531. The molecule has 0 fully saturated rings. The van der Waals surface area contributed by atoms with Gasteiger partial charge in [-0.25, -0.2) is 0 Å². The van der Waals surface area contributed by atoms with Crippen molar-refractivity contribution in [3.63, 3.8) is 0 Å². The number of allylic oxidation sites excluding steroid dienone is 2. The molecule has 0 spiro atoms. The molecule has 0 saturated heterocycles. The zero-order valence-electron chi connectivity index (χ0n) is 13.2. The van der Waals surface area contributed by atoms with Crippen LogP contribution in [0.2, 0.25) is 0 Å². The van der Waals surface area contributed by atoms with Crippen LogP contribution in [0.5, 0.6) is 0 Å². The number of ketones is 1. The van der Waals surface area contributed by atoms with E-state index >= 15 is 0 Å². The van der Waals surface area contributed by atoms with E-state index in [0.29, 0.717) is 11.5 Å². The topological polar surface area (TPSA) is 17.1 Å². The summed E-state index contributed by atoms with van der Waals surface area (Å²) in [5.41, 5.74) is 3.66. The van der Waals surface area contributed by atoms with Gasteiger partial charge >= 0.3 is 0 Å². The highest BCUT2D eigenvalue weighted by molar-refractivity contribution is 6.08. The number of hydrogen-bond donors (Lipinski definition) is 0. The molecule has 1 aromatic rings. The summed E-state index contributed by atoms with van der Waals surface area (Å²) in [4.78, 5) is 13.0. The smallest absolute Gasteiger partial charge is 0.172 e. The summed E-state index contributed by atoms with van der Waals surface area (Å²) < 4.78 is 0. The van der Waals surface area contributed by atoms with Crippen molar-refractivity contribution in [1.82, 2.24) is 0 Å². The Labute approximate surface area is 122 Å². The zero-order chi connectivity index (χ0) is 15.1. The van der Waals surface area contributed by atoms with E-state index in [-0.39, 0.29) is 11.7 Å². The Kier molecular flexibility index (Phi) is 3.73. The van der Waals surface area contributed by atoms with E-state index in [0.717, 1.165) is 5.56 Å². The lowest BCUT2D eigenvalue weighted by atomic mass is 9.62. The monoisotopic (exact) mass is 268 g/mol. The van der Waals surface area contributed by atoms with Crippen LogP contribution < -0.4 is 0 Å². The summed E-state index contributed by atoms with van der Waals surface area (Å²) in [6.45, 7) is 14.4. The predicted molar refractivity (Wildman–Crippen MR) is 85.6 cm³/mol. The molecule has 1 atom stereocenters. The molecule has 1 heteroatoms. The molecule has 1 unspecified atom stereocenters. The third kappa shape index (κ3) is 1.88. The van der Waals surface area contributed by atoms with E-state index in [2.05, 4.69) is 52.5 Å². The standard InChI is InChI=1S/C19H24O/c1-12(2)17-11-15-9-7-8-10-16(15)19(17,14(5)6)18(20)13(3)4/h7-12,14H,3H2,1-2,4-6H3. The maximum atomic E-state index is 13.0. The second-order valence-corrected chi connectivity index (χ2v) is 6.41. The van der Waals surface area contributed by atoms with Gasteiger partial charge in [0.1, 0.15) is 0 Å². The molecule has 0 radical (unpaired) electrons. The van der Waals surface area contributed by atoms with Gasteiger partial charge in [0.25, 0.3) is 0 Å². The highest BCUT2D eigenvalue weighted by Crippen LogP contribution is 2.51. The lowest BCUT2D eigenvalue weighted by molar-refractivity contribution is -0.121. The van der Waals surface area contributed by atoms with E-state index in [4.69, 9.17) is 0 Å². The van der Waals surface area contributed by atoms with Gasteiger partial charge < -0.3 is 0 Å². The normalized spacial score (nSPS) is 21.1. The van der Waals surface area contributed by atoms with Crippen LogP contribution in [-0.2, 0) is 10.2 Å². The maximum absolute atomic E-state index is 13.0. The van der Waals surface area contributed by atoms with Gasteiger partial charge in [0, 0.05) is 0 Å². The summed E-state index contributed by atoms with van der Waals surface area (Å²) in [7, 11) is 0. The molecule has 1 aromatic carbocycles. The first-order chi connectivity index (χ1) is 9.33. The second-order valence-electron chi connectivity index (χ2n) is 6.41. The first-order valence-corrected chi connectivity index (χ1v) is 7.35. The molecule has 0 aliphatic heterocycles. The van der Waals surface area contributed by atoms with Crippen LogP contribution in [0.3, 0.4) is 0 Å². The molecule has 0 bridgehead atoms. The average Bonchev–Trinajstić information content (AvgIpc) is 2.73. The molecule has 1 nitrogen and oxygen atoms in total. The Hall–Kier alpha value is -1.63. The molecule has 1 aliphatic rings. The summed E-state index contributed by atoms with van der Waals surface area (Å²) in [5.74, 6) is 0.717. The van der Waals surface area contributed by atoms with Gasteiger partial charge in [-0.2, -0.15) is 0 Å². The van der Waals surface area contributed by atoms with Crippen LogP contribution in [0.1, 0.15) is 45.7 Å². The zero-order valence-corrected chi connectivity index (χ0v) is 13.2. The number of carbonyl (C=O) groups is 1. The van der Waals surface area contributed by atoms with Crippen molar-refractivity contribution in [3.8, 4) is 0 Å². The lowest BCUT2D eigenvalue weighted by Crippen LogP contribution is -2.43. The molecular weight excluding hydrogens is 244 g/mol. The number of hydrogen-bond acceptors (Lipinski definition) is 1. The van der Waals surface area contributed by atoms with E-state index < -0.39 is 5.41 Å². The van der Waals surface area contributed by atoms with Gasteiger partial charge in [-0.05, 0) is 41.0 Å². The third-order valence-corrected chi connectivity index (χ3v) is 4.39. The van der Waals surface area contributed by atoms with Crippen molar-refractivity contribution >= 4 is 11.9 Å². The van der Waals surface area contributed by atoms with Crippen LogP contribution in [0.15, 0.2) is 42.0 Å². The fourth-order valence-electron chi connectivity index (χ4n) is 3.54. The number of carbonyl (C=O) groups excluding carboxylic acids is 1. The first kappa shape index (κ1) is 14.8. The van der Waals surface area contributed by atoms with Crippen molar-refractivity contribution in [2.24, 2.45) is 11.8 Å². The number of benzene rings is 1. The largest absolute Gasteiger partial charge is 0.293 e. The molecule has 1 aliphatic carbocycles. The van der Waals surface area contributed by atoms with Crippen molar-refractivity contribution in [3.05, 3.63) is 53.1 Å². The van der Waals surface area contributed by atoms with Crippen molar-refractivity contribution < 1.29 is 4.79 Å². The Morgan fingerprint density at radius 2 is 1.75 bits per heavy atom. The Balaban J connectivity index is 2.79. The third-order valence-electron chi connectivity index (χ3n) is 4.39. The van der Waals surface area contributed by atoms with E-state index in [9.17, 15) is 4.79 Å². The van der Waals surface area contributed by atoms with Crippen LogP contribution in [-0.4, -0.2) is 5.78 Å². The average molecular weight is 268 g/mol. The first-order valence-electron chi connectivity index (χ1n) is 7.35. The van der Waals surface area contributed by atoms with Crippen LogP contribution in [0.25, 0.3) is 6.08 Å². The molecule has 0 N–H and O–H groups in total. The SMILES string of the molecule is C=C(C)C(=O)C1(C(C)C)C(C(C)C)=Cc2ccccc21. The number of rotatable bonds is 4. The minimum Gasteiger partial charge on any atom is -0.293 e. The lowest BCUT2D eigenvalue weighted by Gasteiger charge is -2.38. The van der Waals surface area contributed by atoms with Crippen molar-refractivity contribution in [2.75, 3.05) is 0 Å². The van der Waals surface area contributed by atoms with Gasteiger partial charge in [-0.3, -0.25) is 4.79 Å². The van der Waals surface area contributed by atoms with Crippen LogP contribution in [0.4, 0.5) is 0 Å². The molecule has 106 valence electrons. The Morgan fingerprint density at radius 1 is 1.15 bits per heavy atom. The predicted octanol–water partition coefficient (Wildman–Crippen LogP) is 4.78. The minimum absolute atomic E-state index is 0.164. The van der Waals surface area contributed by atoms with Gasteiger partial charge in [-0.15, -0.1) is 0 Å². The summed E-state index contributed by atoms with van der Waals surface area (Å²) in [6.07, 6.45) is 2.21. The quantitative estimate of drug-likeness (QED) is 0.718. The van der Waals surface area contributed by atoms with E-state index in [1.165, 1.54) is 11.1 Å². The summed E-state index contributed by atoms with van der Waals surface area (Å²) >= 11 is 0. The van der Waals surface area contributed by atoms with Gasteiger partial charge in [0.15, 0.2) is 5.78 Å². The van der Waals surface area contributed by atoms with Gasteiger partial charge in [0.2, 0.25) is 0 Å². The molecular formula is C19H24O. The number of fused-ring (bicyclic) bond motifs is 1.